The van der Waals surface area contributed by atoms with Gasteiger partial charge in [-0.2, -0.15) is 0 Å². The van der Waals surface area contributed by atoms with Crippen molar-refractivity contribution in [2.45, 2.75) is 44.2 Å². The average Bonchev–Trinajstić information content (AvgIpc) is 3.67. The third kappa shape index (κ3) is 7.47. The number of aromatic carboxylic acids is 1. The number of hydrogen-bond donors (Lipinski definition) is 3. The maximum absolute atomic E-state index is 14.4. The molecule has 4 N–H and O–H groups in total. The normalized spacial score (nSPS) is 14.3. The average molecular weight is 677 g/mol. The lowest BCUT2D eigenvalue weighted by molar-refractivity contribution is -0.151. The summed E-state index contributed by atoms with van der Waals surface area (Å²) in [7, 11) is 0. The first-order chi connectivity index (χ1) is 24.2. The number of nitrogen functional groups attached to an aromatic ring is 1. The van der Waals surface area contributed by atoms with E-state index in [2.05, 4.69) is 0 Å². The fraction of sp³-hybridized carbons (Fsp3) is 0.282. The van der Waals surface area contributed by atoms with E-state index in [1.165, 1.54) is 17.1 Å². The molecular weight excluding hydrogens is 636 g/mol. The Hall–Kier alpha value is -5.68. The molecule has 0 radical (unpaired) electrons. The molecule has 258 valence electrons. The highest BCUT2D eigenvalue weighted by Crippen LogP contribution is 2.44. The molecule has 1 aliphatic carbocycles. The highest BCUT2D eigenvalue weighted by Gasteiger charge is 2.38. The molecule has 0 aromatic heterocycles. The Kier molecular flexibility index (Phi) is 10.4. The molecule has 11 heteroatoms. The maximum atomic E-state index is 14.4. The van der Waals surface area contributed by atoms with Crippen molar-refractivity contribution in [1.29, 1.82) is 0 Å². The largest absolute Gasteiger partial charge is 0.480 e. The van der Waals surface area contributed by atoms with Crippen molar-refractivity contribution >= 4 is 29.6 Å². The van der Waals surface area contributed by atoms with Crippen molar-refractivity contribution in [1.82, 2.24) is 14.9 Å². The SMILES string of the molecule is Nc1cc(C(=O)O)ccc1CN(CCCN1CCCC1=O)N(C(=O)OCC1c2ccccc2-c2ccccc21)[C@@H](Cc1ccccc1)C(=O)O. The summed E-state index contributed by atoms with van der Waals surface area (Å²) in [6, 6.07) is 27.9. The second-order valence-electron chi connectivity index (χ2n) is 12.6. The van der Waals surface area contributed by atoms with Gasteiger partial charge in [0.15, 0.2) is 6.04 Å². The predicted octanol–water partition coefficient (Wildman–Crippen LogP) is 5.64. The number of carboxylic acids is 2. The number of nitrogens with two attached hydrogens (primary N) is 1. The summed E-state index contributed by atoms with van der Waals surface area (Å²) in [4.78, 5) is 53.3. The Balaban J connectivity index is 1.34. The first-order valence-electron chi connectivity index (χ1n) is 16.8. The molecular formula is C39H40N4O7. The number of carboxylic acid groups (broad SMARTS) is 2. The number of fused-ring (bicyclic) bond motifs is 3. The number of hydrazine groups is 1. The third-order valence-corrected chi connectivity index (χ3v) is 9.44. The molecule has 0 bridgehead atoms. The highest BCUT2D eigenvalue weighted by molar-refractivity contribution is 5.89. The van der Waals surface area contributed by atoms with Crippen LogP contribution in [0.5, 0.6) is 0 Å². The van der Waals surface area contributed by atoms with Gasteiger partial charge in [-0.25, -0.2) is 24.4 Å². The van der Waals surface area contributed by atoms with Crippen LogP contribution < -0.4 is 5.73 Å². The summed E-state index contributed by atoms with van der Waals surface area (Å²) in [5.41, 5.74) is 11.9. The first-order valence-corrected chi connectivity index (χ1v) is 16.8. The van der Waals surface area contributed by atoms with Gasteiger partial charge in [0.05, 0.1) is 5.56 Å². The Morgan fingerprint density at radius 1 is 0.900 bits per heavy atom. The van der Waals surface area contributed by atoms with Crippen molar-refractivity contribution in [3.05, 3.63) is 125 Å². The number of aliphatic carboxylic acids is 1. The number of carbonyl (C=O) groups excluding carboxylic acids is 2. The number of rotatable bonds is 14. The summed E-state index contributed by atoms with van der Waals surface area (Å²) < 4.78 is 6.08. The number of ether oxygens (including phenoxy) is 1. The lowest BCUT2D eigenvalue weighted by Gasteiger charge is -2.38. The monoisotopic (exact) mass is 676 g/mol. The van der Waals surface area contributed by atoms with E-state index in [0.29, 0.717) is 37.1 Å². The fourth-order valence-corrected chi connectivity index (χ4v) is 6.93. The van der Waals surface area contributed by atoms with Gasteiger partial charge in [-0.05, 0) is 58.4 Å². The van der Waals surface area contributed by atoms with Crippen molar-refractivity contribution in [2.24, 2.45) is 0 Å². The van der Waals surface area contributed by atoms with Crippen molar-refractivity contribution in [3.8, 4) is 11.1 Å². The van der Waals surface area contributed by atoms with Crippen LogP contribution in [-0.2, 0) is 27.3 Å². The molecule has 0 spiro atoms. The number of hydrogen-bond acceptors (Lipinski definition) is 7. The van der Waals surface area contributed by atoms with Crippen LogP contribution >= 0.6 is 0 Å². The van der Waals surface area contributed by atoms with Gasteiger partial charge in [0.25, 0.3) is 0 Å². The van der Waals surface area contributed by atoms with E-state index < -0.39 is 24.1 Å². The van der Waals surface area contributed by atoms with Gasteiger partial charge in [0.2, 0.25) is 5.91 Å². The quantitative estimate of drug-likeness (QED) is 0.114. The molecule has 6 rings (SSSR count). The molecule has 50 heavy (non-hydrogen) atoms. The molecule has 0 unspecified atom stereocenters. The van der Waals surface area contributed by atoms with Gasteiger partial charge < -0.3 is 25.6 Å². The maximum Gasteiger partial charge on any atom is 0.425 e. The van der Waals surface area contributed by atoms with Crippen LogP contribution in [0.4, 0.5) is 10.5 Å². The lowest BCUT2D eigenvalue weighted by atomic mass is 9.98. The molecule has 4 aromatic rings. The van der Waals surface area contributed by atoms with Crippen LogP contribution in [0.3, 0.4) is 0 Å². The smallest absolute Gasteiger partial charge is 0.425 e. The van der Waals surface area contributed by atoms with E-state index in [0.717, 1.165) is 28.7 Å². The third-order valence-electron chi connectivity index (χ3n) is 9.44. The molecule has 4 aromatic carbocycles. The minimum absolute atomic E-state index is 0.00505. The minimum atomic E-state index is -1.36. The van der Waals surface area contributed by atoms with Crippen molar-refractivity contribution in [2.75, 3.05) is 32.0 Å². The molecule has 1 saturated heterocycles. The van der Waals surface area contributed by atoms with E-state index >= 15 is 0 Å². The molecule has 1 atom stereocenters. The van der Waals surface area contributed by atoms with Gasteiger partial charge in [0, 0.05) is 50.6 Å². The van der Waals surface area contributed by atoms with Gasteiger partial charge >= 0.3 is 18.0 Å². The molecule has 11 nitrogen and oxygen atoms in total. The zero-order valence-corrected chi connectivity index (χ0v) is 27.6. The Morgan fingerprint density at radius 3 is 2.16 bits per heavy atom. The predicted molar refractivity (Wildman–Crippen MR) is 187 cm³/mol. The van der Waals surface area contributed by atoms with E-state index in [1.54, 1.807) is 40.2 Å². The number of likely N-dealkylation sites (tertiary alicyclic amines) is 1. The molecule has 2 amide bonds. The van der Waals surface area contributed by atoms with E-state index in [-0.39, 0.29) is 49.2 Å². The second-order valence-corrected chi connectivity index (χ2v) is 12.6. The Labute approximate surface area is 290 Å². The zero-order chi connectivity index (χ0) is 35.2. The van der Waals surface area contributed by atoms with Crippen LogP contribution in [0.15, 0.2) is 97.1 Å². The van der Waals surface area contributed by atoms with Crippen LogP contribution in [0.2, 0.25) is 0 Å². The number of benzene rings is 4. The van der Waals surface area contributed by atoms with Crippen LogP contribution in [0.25, 0.3) is 11.1 Å². The summed E-state index contributed by atoms with van der Waals surface area (Å²) >= 11 is 0. The molecule has 1 fully saturated rings. The van der Waals surface area contributed by atoms with Crippen LogP contribution in [0, 0.1) is 0 Å². The summed E-state index contributed by atoms with van der Waals surface area (Å²) in [5, 5.41) is 22.9. The standard InChI is InChI=1S/C39H40N4O7/c40-34-23-27(37(45)46)17-18-28(34)24-42(21-9-20-41-19-8-16-36(41)44)43(35(38(47)48)22-26-10-2-1-3-11-26)39(49)50-25-33-31-14-6-4-12-29(31)30-13-5-7-15-32(30)33/h1-7,10-15,17-18,23,33,35H,8-9,16,19-22,24-25,40H2,(H,45,46)(H,47,48)/t35-/m0/s1. The van der Waals surface area contributed by atoms with Gasteiger partial charge in [-0.1, -0.05) is 84.9 Å². The molecule has 1 heterocycles. The topological polar surface area (TPSA) is 154 Å². The summed E-state index contributed by atoms with van der Waals surface area (Å²) in [5.74, 6) is -2.55. The molecule has 2 aliphatic rings. The van der Waals surface area contributed by atoms with Crippen LogP contribution in [-0.4, -0.2) is 81.4 Å². The zero-order valence-electron chi connectivity index (χ0n) is 27.6. The number of carbonyl (C=O) groups is 4. The first kappa shape index (κ1) is 34.2. The molecule has 0 saturated carbocycles. The number of anilines is 1. The van der Waals surface area contributed by atoms with E-state index in [9.17, 15) is 29.4 Å². The van der Waals surface area contributed by atoms with Gasteiger partial charge in [-0.15, -0.1) is 0 Å². The molecule has 1 aliphatic heterocycles. The Bertz CT molecular complexity index is 1840. The highest BCUT2D eigenvalue weighted by atomic mass is 16.6. The number of nitrogens with zero attached hydrogens (tertiary/aromatic N) is 3. The van der Waals surface area contributed by atoms with E-state index in [4.69, 9.17) is 10.5 Å². The Morgan fingerprint density at radius 2 is 1.56 bits per heavy atom. The van der Waals surface area contributed by atoms with Gasteiger partial charge in [0.1, 0.15) is 6.61 Å². The summed E-state index contributed by atoms with van der Waals surface area (Å²) in [6.07, 6.45) is 0.853. The van der Waals surface area contributed by atoms with Gasteiger partial charge in [-0.3, -0.25) is 4.79 Å². The van der Waals surface area contributed by atoms with Crippen molar-refractivity contribution in [3.63, 3.8) is 0 Å². The van der Waals surface area contributed by atoms with E-state index in [1.807, 2.05) is 54.6 Å². The van der Waals surface area contributed by atoms with Crippen LogP contribution in [0.1, 0.15) is 57.8 Å². The minimum Gasteiger partial charge on any atom is -0.480 e. The second kappa shape index (κ2) is 15.3. The lowest BCUT2D eigenvalue weighted by Crippen LogP contribution is -2.56. The fourth-order valence-electron chi connectivity index (χ4n) is 6.93. The summed E-state index contributed by atoms with van der Waals surface area (Å²) in [6.45, 7) is 1.23. The van der Waals surface area contributed by atoms with Crippen molar-refractivity contribution < 1.29 is 34.1 Å². The number of amides is 2.